The summed E-state index contributed by atoms with van der Waals surface area (Å²) in [4.78, 5) is 0. The van der Waals surface area contributed by atoms with Gasteiger partial charge in [0.2, 0.25) is 0 Å². The van der Waals surface area contributed by atoms with E-state index in [2.05, 4.69) is 5.32 Å². The van der Waals surface area contributed by atoms with Gasteiger partial charge in [0.05, 0.1) is 0 Å². The Morgan fingerprint density at radius 3 is 2.12 bits per heavy atom. The number of hydrogen-bond donors (Lipinski definition) is 1. The molecule has 0 aromatic carbocycles. The lowest BCUT2D eigenvalue weighted by atomic mass is 10.0. The lowest BCUT2D eigenvalue weighted by Crippen LogP contribution is -2.30. The normalized spacial score (nSPS) is 45.0. The average Bonchev–Trinajstić information content (AvgIpc) is 2.12. The first-order chi connectivity index (χ1) is 3.95. The van der Waals surface area contributed by atoms with Gasteiger partial charge in [-0.1, -0.05) is 0 Å². The van der Waals surface area contributed by atoms with Crippen molar-refractivity contribution in [1.82, 2.24) is 5.32 Å². The predicted octanol–water partition coefficient (Wildman–Crippen LogP) is 1.01. The molecule has 2 rings (SSSR count). The topological polar surface area (TPSA) is 12.0 Å². The van der Waals surface area contributed by atoms with Crippen LogP contribution in [0.25, 0.3) is 0 Å². The molecule has 0 unspecified atom stereocenters. The Morgan fingerprint density at radius 2 is 1.62 bits per heavy atom. The Labute approximate surface area is 50.5 Å². The molecule has 0 spiro atoms. The minimum Gasteiger partial charge on any atom is -0.316 e. The first kappa shape index (κ1) is 4.80. The molecule has 2 fully saturated rings. The Bertz CT molecular complexity index is 76.4. The highest BCUT2D eigenvalue weighted by molar-refractivity contribution is 4.82. The number of rotatable bonds is 0. The second kappa shape index (κ2) is 1.73. The summed E-state index contributed by atoms with van der Waals surface area (Å²) in [5.41, 5.74) is 0. The fourth-order valence-corrected chi connectivity index (χ4v) is 2.04. The summed E-state index contributed by atoms with van der Waals surface area (Å²) in [6.07, 6.45) is 4.52. The van der Waals surface area contributed by atoms with Gasteiger partial charge in [-0.2, -0.15) is 0 Å². The molecule has 1 aliphatic carbocycles. The van der Waals surface area contributed by atoms with Crippen LogP contribution in [0, 0.1) is 11.8 Å². The van der Waals surface area contributed by atoms with Crippen LogP contribution in [0.2, 0.25) is 0 Å². The number of fused-ring (bicyclic) bond motifs is 2. The molecule has 0 radical (unpaired) electrons. The van der Waals surface area contributed by atoms with Crippen molar-refractivity contribution in [3.05, 3.63) is 0 Å². The second-order valence-electron chi connectivity index (χ2n) is 3.20. The maximum absolute atomic E-state index is 3.45. The van der Waals surface area contributed by atoms with Gasteiger partial charge in [0, 0.05) is 0 Å². The monoisotopic (exact) mass is 111 g/mol. The minimum absolute atomic E-state index is 1.05. The highest BCUT2D eigenvalue weighted by Gasteiger charge is 2.27. The van der Waals surface area contributed by atoms with Gasteiger partial charge in [-0.3, -0.25) is 0 Å². The largest absolute Gasteiger partial charge is 0.316 e. The first-order valence-electron chi connectivity index (χ1n) is 3.66. The molecule has 0 aromatic heterocycles. The van der Waals surface area contributed by atoms with E-state index in [9.17, 15) is 0 Å². The van der Waals surface area contributed by atoms with Crippen LogP contribution in [0.3, 0.4) is 0 Å². The van der Waals surface area contributed by atoms with Crippen molar-refractivity contribution >= 4 is 0 Å². The highest BCUT2D eigenvalue weighted by Crippen LogP contribution is 2.32. The van der Waals surface area contributed by atoms with E-state index in [0.717, 1.165) is 11.8 Å². The zero-order valence-corrected chi connectivity index (χ0v) is 5.19. The highest BCUT2D eigenvalue weighted by atomic mass is 14.9. The molecule has 1 heterocycles. The van der Waals surface area contributed by atoms with Crippen molar-refractivity contribution < 1.29 is 0 Å². The van der Waals surface area contributed by atoms with Crippen molar-refractivity contribution in [3.8, 4) is 0 Å². The van der Waals surface area contributed by atoms with E-state index < -0.39 is 0 Å². The molecular formula is C7H13N. The van der Waals surface area contributed by atoms with Crippen molar-refractivity contribution in [1.29, 1.82) is 0 Å². The van der Waals surface area contributed by atoms with Gasteiger partial charge in [0.25, 0.3) is 0 Å². The smallest absolute Gasteiger partial charge is 0.00203 e. The molecule has 46 valence electrons. The molecular weight excluding hydrogens is 98.1 g/mol. The molecule has 2 atom stereocenters. The summed E-state index contributed by atoms with van der Waals surface area (Å²) in [5, 5.41) is 3.45. The third-order valence-corrected chi connectivity index (χ3v) is 2.52. The predicted molar refractivity (Wildman–Crippen MR) is 33.7 cm³/mol. The first-order valence-corrected chi connectivity index (χ1v) is 3.66. The van der Waals surface area contributed by atoms with Crippen LogP contribution >= 0.6 is 0 Å². The maximum Gasteiger partial charge on any atom is -0.00203 e. The van der Waals surface area contributed by atoms with E-state index >= 15 is 0 Å². The van der Waals surface area contributed by atoms with Crippen LogP contribution in [0.15, 0.2) is 0 Å². The molecule has 1 saturated heterocycles. The summed E-state index contributed by atoms with van der Waals surface area (Å²) in [5.74, 6) is 2.10. The molecule has 1 N–H and O–H groups in total. The maximum atomic E-state index is 3.45. The van der Waals surface area contributed by atoms with Gasteiger partial charge in [0.15, 0.2) is 0 Å². The van der Waals surface area contributed by atoms with Gasteiger partial charge in [-0.25, -0.2) is 0 Å². The van der Waals surface area contributed by atoms with E-state index in [1.54, 1.807) is 0 Å². The van der Waals surface area contributed by atoms with Crippen LogP contribution in [-0.2, 0) is 0 Å². The summed E-state index contributed by atoms with van der Waals surface area (Å²) in [7, 11) is 0. The van der Waals surface area contributed by atoms with Crippen molar-refractivity contribution in [2.45, 2.75) is 19.3 Å². The summed E-state index contributed by atoms with van der Waals surface area (Å²) in [6, 6.07) is 0. The van der Waals surface area contributed by atoms with Gasteiger partial charge < -0.3 is 5.32 Å². The second-order valence-corrected chi connectivity index (χ2v) is 3.20. The molecule has 2 bridgehead atoms. The molecule has 8 heavy (non-hydrogen) atoms. The zero-order chi connectivity index (χ0) is 5.40. The number of piperidine rings is 1. The van der Waals surface area contributed by atoms with Crippen LogP contribution in [0.4, 0.5) is 0 Å². The lowest BCUT2D eigenvalue weighted by Gasteiger charge is -2.18. The quantitative estimate of drug-likeness (QED) is 0.492. The Balaban J connectivity index is 2.03. The minimum atomic E-state index is 1.05. The lowest BCUT2D eigenvalue weighted by molar-refractivity contribution is 0.379. The number of nitrogens with one attached hydrogen (secondary N) is 1. The van der Waals surface area contributed by atoms with Crippen molar-refractivity contribution in [2.75, 3.05) is 13.1 Å². The molecule has 1 heteroatoms. The molecule has 1 saturated carbocycles. The van der Waals surface area contributed by atoms with E-state index in [1.165, 1.54) is 32.4 Å². The SMILES string of the molecule is C1C[C@H]2CNC[C@H]1C2. The van der Waals surface area contributed by atoms with E-state index in [0.29, 0.717) is 0 Å². The summed E-state index contributed by atoms with van der Waals surface area (Å²) >= 11 is 0. The standard InChI is InChI=1S/C7H13N/c1-2-7-3-6(1)4-8-5-7/h6-8H,1-5H2/t6-,7-/m1/s1. The summed E-state index contributed by atoms with van der Waals surface area (Å²) < 4.78 is 0. The van der Waals surface area contributed by atoms with E-state index in [1.807, 2.05) is 0 Å². The summed E-state index contributed by atoms with van der Waals surface area (Å²) in [6.45, 7) is 2.60. The third-order valence-electron chi connectivity index (χ3n) is 2.52. The fraction of sp³-hybridized carbons (Fsp3) is 1.00. The third kappa shape index (κ3) is 0.655. The van der Waals surface area contributed by atoms with Gasteiger partial charge in [-0.05, 0) is 44.2 Å². The van der Waals surface area contributed by atoms with E-state index in [4.69, 9.17) is 0 Å². The Morgan fingerprint density at radius 1 is 1.00 bits per heavy atom. The van der Waals surface area contributed by atoms with Crippen LogP contribution in [0.1, 0.15) is 19.3 Å². The van der Waals surface area contributed by atoms with Crippen molar-refractivity contribution in [2.24, 2.45) is 11.8 Å². The van der Waals surface area contributed by atoms with E-state index in [-0.39, 0.29) is 0 Å². The molecule has 0 amide bonds. The van der Waals surface area contributed by atoms with Gasteiger partial charge in [0.1, 0.15) is 0 Å². The van der Waals surface area contributed by atoms with Gasteiger partial charge >= 0.3 is 0 Å². The number of hydrogen-bond acceptors (Lipinski definition) is 1. The molecule has 2 aliphatic rings. The van der Waals surface area contributed by atoms with Crippen molar-refractivity contribution in [3.63, 3.8) is 0 Å². The van der Waals surface area contributed by atoms with Crippen LogP contribution < -0.4 is 5.32 Å². The molecule has 1 aliphatic heterocycles. The average molecular weight is 111 g/mol. The Hall–Kier alpha value is -0.0400. The van der Waals surface area contributed by atoms with Crippen LogP contribution in [0.5, 0.6) is 0 Å². The molecule has 1 nitrogen and oxygen atoms in total. The zero-order valence-electron chi connectivity index (χ0n) is 5.19. The van der Waals surface area contributed by atoms with Gasteiger partial charge in [-0.15, -0.1) is 0 Å². The fourth-order valence-electron chi connectivity index (χ4n) is 2.04. The Kier molecular flexibility index (Phi) is 1.04. The molecule has 0 aromatic rings. The van der Waals surface area contributed by atoms with Crippen LogP contribution in [-0.4, -0.2) is 13.1 Å².